The standard InChI is InChI=1S/C23H22Cl2N8O3/c1-3-4-5-31-19-20(26-22(31)30-6-8-36-9-7-30)29(2)23(35)32(21(19)34)13-17-14-33(28-27-17)18-11-15(24)10-16(25)12-18/h10-12,14H,5-9,13H2,1-2H3. The van der Waals surface area contributed by atoms with Crippen molar-refractivity contribution in [2.24, 2.45) is 7.05 Å². The van der Waals surface area contributed by atoms with Crippen LogP contribution >= 0.6 is 23.2 Å². The molecule has 36 heavy (non-hydrogen) atoms. The van der Waals surface area contributed by atoms with Crippen molar-refractivity contribution in [3.63, 3.8) is 0 Å². The summed E-state index contributed by atoms with van der Waals surface area (Å²) >= 11 is 12.2. The Balaban J connectivity index is 1.60. The molecule has 0 bridgehead atoms. The summed E-state index contributed by atoms with van der Waals surface area (Å²) in [5.74, 6) is 6.47. The number of aromatic nitrogens is 7. The first-order valence-corrected chi connectivity index (χ1v) is 11.9. The fourth-order valence-corrected chi connectivity index (χ4v) is 4.66. The Labute approximate surface area is 215 Å². The molecule has 1 aliphatic heterocycles. The van der Waals surface area contributed by atoms with Crippen molar-refractivity contribution >= 4 is 40.3 Å². The summed E-state index contributed by atoms with van der Waals surface area (Å²) in [5.41, 5.74) is 0.643. The van der Waals surface area contributed by atoms with Crippen LogP contribution in [-0.2, 0) is 24.9 Å². The summed E-state index contributed by atoms with van der Waals surface area (Å²) in [4.78, 5) is 33.6. The molecule has 3 aromatic heterocycles. The number of rotatable bonds is 5. The number of aryl methyl sites for hydroxylation is 1. The van der Waals surface area contributed by atoms with Crippen LogP contribution in [0.4, 0.5) is 5.95 Å². The van der Waals surface area contributed by atoms with E-state index < -0.39 is 11.2 Å². The summed E-state index contributed by atoms with van der Waals surface area (Å²) in [5, 5.41) is 9.14. The van der Waals surface area contributed by atoms with Crippen LogP contribution < -0.4 is 16.1 Å². The fraction of sp³-hybridized carbons (Fsp3) is 0.348. The van der Waals surface area contributed by atoms with Crippen molar-refractivity contribution in [1.82, 2.24) is 33.7 Å². The predicted molar refractivity (Wildman–Crippen MR) is 136 cm³/mol. The molecule has 0 radical (unpaired) electrons. The second kappa shape index (κ2) is 9.81. The van der Waals surface area contributed by atoms with E-state index in [1.165, 1.54) is 9.25 Å². The molecule has 1 aliphatic rings. The number of nitrogens with zero attached hydrogens (tertiary/aromatic N) is 8. The third-order valence-corrected chi connectivity index (χ3v) is 6.33. The van der Waals surface area contributed by atoms with Crippen molar-refractivity contribution in [2.75, 3.05) is 31.2 Å². The Morgan fingerprint density at radius 1 is 1.08 bits per heavy atom. The Morgan fingerprint density at radius 3 is 2.50 bits per heavy atom. The fourth-order valence-electron chi connectivity index (χ4n) is 4.14. The quantitative estimate of drug-likeness (QED) is 0.363. The van der Waals surface area contributed by atoms with Gasteiger partial charge >= 0.3 is 5.69 Å². The molecule has 0 spiro atoms. The molecule has 1 aromatic carbocycles. The van der Waals surface area contributed by atoms with Gasteiger partial charge in [-0.05, 0) is 25.1 Å². The van der Waals surface area contributed by atoms with Gasteiger partial charge in [0.25, 0.3) is 5.56 Å². The molecule has 0 saturated carbocycles. The zero-order valence-electron chi connectivity index (χ0n) is 19.6. The number of hydrogen-bond acceptors (Lipinski definition) is 7. The maximum Gasteiger partial charge on any atom is 0.332 e. The Morgan fingerprint density at radius 2 is 1.81 bits per heavy atom. The second-order valence-corrected chi connectivity index (χ2v) is 9.08. The van der Waals surface area contributed by atoms with Crippen LogP contribution in [0.25, 0.3) is 16.9 Å². The highest BCUT2D eigenvalue weighted by molar-refractivity contribution is 6.34. The van der Waals surface area contributed by atoms with E-state index >= 15 is 0 Å². The van der Waals surface area contributed by atoms with E-state index in [2.05, 4.69) is 27.1 Å². The third kappa shape index (κ3) is 4.39. The molecule has 0 aliphatic carbocycles. The average Bonchev–Trinajstić information content (AvgIpc) is 3.49. The summed E-state index contributed by atoms with van der Waals surface area (Å²) in [6.45, 7) is 4.28. The summed E-state index contributed by atoms with van der Waals surface area (Å²) in [6.07, 6.45) is 1.62. The van der Waals surface area contributed by atoms with Gasteiger partial charge in [-0.15, -0.1) is 11.0 Å². The van der Waals surface area contributed by atoms with E-state index in [0.717, 1.165) is 4.57 Å². The van der Waals surface area contributed by atoms with E-state index in [1.807, 2.05) is 4.90 Å². The zero-order chi connectivity index (χ0) is 25.4. The molecule has 1 fully saturated rings. The first kappa shape index (κ1) is 24.1. The SMILES string of the molecule is CC#CCn1c(N2CCOCC2)nc2c1c(=O)n(Cc1cn(-c3cc(Cl)cc(Cl)c3)nn1)c(=O)n2C. The van der Waals surface area contributed by atoms with Crippen molar-refractivity contribution in [2.45, 2.75) is 20.0 Å². The predicted octanol–water partition coefficient (Wildman–Crippen LogP) is 1.69. The maximum atomic E-state index is 13.7. The lowest BCUT2D eigenvalue weighted by atomic mass is 10.3. The van der Waals surface area contributed by atoms with Gasteiger partial charge in [-0.25, -0.2) is 9.48 Å². The molecule has 5 rings (SSSR count). The highest BCUT2D eigenvalue weighted by atomic mass is 35.5. The number of morpholine rings is 1. The van der Waals surface area contributed by atoms with Gasteiger partial charge in [0.2, 0.25) is 5.95 Å². The molecule has 186 valence electrons. The number of hydrogen-bond donors (Lipinski definition) is 0. The van der Waals surface area contributed by atoms with Gasteiger partial charge in [-0.2, -0.15) is 4.98 Å². The molecule has 0 amide bonds. The van der Waals surface area contributed by atoms with E-state index in [-0.39, 0.29) is 13.1 Å². The van der Waals surface area contributed by atoms with Crippen molar-refractivity contribution in [3.8, 4) is 17.5 Å². The van der Waals surface area contributed by atoms with Gasteiger partial charge in [0.15, 0.2) is 11.2 Å². The van der Waals surface area contributed by atoms with E-state index in [0.29, 0.717) is 64.8 Å². The number of imidazole rings is 1. The van der Waals surface area contributed by atoms with Crippen molar-refractivity contribution in [1.29, 1.82) is 0 Å². The summed E-state index contributed by atoms with van der Waals surface area (Å²) in [6, 6.07) is 4.98. The van der Waals surface area contributed by atoms with E-state index in [1.54, 1.807) is 42.9 Å². The molecule has 4 aromatic rings. The van der Waals surface area contributed by atoms with Crippen molar-refractivity contribution in [3.05, 3.63) is 61.0 Å². The largest absolute Gasteiger partial charge is 0.378 e. The molecule has 11 nitrogen and oxygen atoms in total. The molecule has 13 heteroatoms. The Kier molecular flexibility index (Phi) is 6.57. The lowest BCUT2D eigenvalue weighted by molar-refractivity contribution is 0.121. The Bertz CT molecular complexity index is 1610. The van der Waals surface area contributed by atoms with Gasteiger partial charge in [0, 0.05) is 30.2 Å². The molecular formula is C23H22Cl2N8O3. The highest BCUT2D eigenvalue weighted by Crippen LogP contribution is 2.22. The maximum absolute atomic E-state index is 13.7. The average molecular weight is 529 g/mol. The van der Waals surface area contributed by atoms with Crippen LogP contribution in [0.2, 0.25) is 10.0 Å². The minimum Gasteiger partial charge on any atom is -0.378 e. The third-order valence-electron chi connectivity index (χ3n) is 5.89. The monoisotopic (exact) mass is 528 g/mol. The normalized spacial score (nSPS) is 13.7. The lowest BCUT2D eigenvalue weighted by Gasteiger charge is -2.27. The van der Waals surface area contributed by atoms with Crippen LogP contribution in [-0.4, -0.2) is 60.0 Å². The van der Waals surface area contributed by atoms with E-state index in [9.17, 15) is 9.59 Å². The molecular weight excluding hydrogens is 507 g/mol. The van der Waals surface area contributed by atoms with Gasteiger partial charge in [-0.3, -0.25) is 18.5 Å². The van der Waals surface area contributed by atoms with Gasteiger partial charge in [0.05, 0.1) is 38.2 Å². The van der Waals surface area contributed by atoms with E-state index in [4.69, 9.17) is 27.9 Å². The van der Waals surface area contributed by atoms with Gasteiger partial charge < -0.3 is 9.64 Å². The van der Waals surface area contributed by atoms with Crippen LogP contribution in [0, 0.1) is 11.8 Å². The van der Waals surface area contributed by atoms with Gasteiger partial charge in [0.1, 0.15) is 5.69 Å². The van der Waals surface area contributed by atoms with Crippen LogP contribution in [0.15, 0.2) is 34.0 Å². The topological polar surface area (TPSA) is 105 Å². The van der Waals surface area contributed by atoms with Crippen molar-refractivity contribution < 1.29 is 4.74 Å². The molecule has 0 atom stereocenters. The number of fused-ring (bicyclic) bond motifs is 1. The second-order valence-electron chi connectivity index (χ2n) is 8.21. The number of ether oxygens (including phenoxy) is 1. The molecule has 0 N–H and O–H groups in total. The first-order valence-electron chi connectivity index (χ1n) is 11.2. The highest BCUT2D eigenvalue weighted by Gasteiger charge is 2.24. The van der Waals surface area contributed by atoms with Crippen LogP contribution in [0.1, 0.15) is 12.6 Å². The lowest BCUT2D eigenvalue weighted by Crippen LogP contribution is -2.40. The first-order chi connectivity index (χ1) is 17.4. The molecule has 4 heterocycles. The summed E-state index contributed by atoms with van der Waals surface area (Å²) < 4.78 is 11.2. The van der Waals surface area contributed by atoms with Gasteiger partial charge in [-0.1, -0.05) is 34.3 Å². The van der Waals surface area contributed by atoms with Crippen LogP contribution in [0.3, 0.4) is 0 Å². The molecule has 1 saturated heterocycles. The minimum atomic E-state index is -0.507. The molecule has 0 unspecified atom stereocenters. The minimum absolute atomic E-state index is 0.0761. The van der Waals surface area contributed by atoms with Crippen LogP contribution in [0.5, 0.6) is 0 Å². The smallest absolute Gasteiger partial charge is 0.332 e. The number of anilines is 1. The zero-order valence-corrected chi connectivity index (χ0v) is 21.1. The summed E-state index contributed by atoms with van der Waals surface area (Å²) in [7, 11) is 1.59. The number of benzene rings is 1. The Hall–Kier alpha value is -3.59. The number of halogens is 2.